The number of hydrogen-bond donors (Lipinski definition) is 0. The van der Waals surface area contributed by atoms with Crippen LogP contribution in [0.25, 0.3) is 108 Å². The molecule has 2 aliphatic rings. The van der Waals surface area contributed by atoms with E-state index in [0.717, 1.165) is 71.9 Å². The maximum absolute atomic E-state index is 9.99. The lowest BCUT2D eigenvalue weighted by Crippen LogP contribution is -2.57. The van der Waals surface area contributed by atoms with Gasteiger partial charge < -0.3 is 23.0 Å². The first-order chi connectivity index (χ1) is 39.0. The highest BCUT2D eigenvalue weighted by atomic mass is 32.1. The molecule has 0 amide bonds. The van der Waals surface area contributed by atoms with E-state index in [1.807, 2.05) is 22.8 Å². The first kappa shape index (κ1) is 40.3. The molecule has 366 valence electrons. The molecule has 2 aliphatic heterocycles. The zero-order chi connectivity index (χ0) is 55.3. The van der Waals surface area contributed by atoms with Crippen molar-refractivity contribution in [2.75, 3.05) is 0 Å². The molecule has 10 aromatic carbocycles. The van der Waals surface area contributed by atoms with Gasteiger partial charge in [-0.05, 0) is 129 Å². The second-order valence-corrected chi connectivity index (χ2v) is 23.9. The second kappa shape index (κ2) is 15.5. The molecular formula is C69H48BN3O3S. The molecule has 8 heteroatoms. The summed E-state index contributed by atoms with van der Waals surface area (Å²) in [4.78, 5) is 0. The van der Waals surface area contributed by atoms with Crippen LogP contribution >= 0.6 is 11.3 Å². The number of nitriles is 1. The minimum Gasteiger partial charge on any atom is -0.458 e. The molecule has 0 bridgehead atoms. The Balaban J connectivity index is 0.927. The zero-order valence-corrected chi connectivity index (χ0v) is 43.9. The summed E-state index contributed by atoms with van der Waals surface area (Å²) < 4.78 is 63.9. The quantitative estimate of drug-likeness (QED) is 0.165. The molecule has 4 aromatic heterocycles. The standard InChI is InChI=1S/C69H48BN3O3S/c1-68(2,3)40-19-26-55-49(33-40)50-34-41(69(4,5)6)20-27-56(50)73(55)43-22-24-52-59(36-43)75-61-32-39(44-14-11-15-47-64-57(76-67(44)47)28-29-63-65(64)46-13-8-10-17-62(46)77-63)31-60-66(61)70(52)51-23-21-42(35-58(51)74-60)72-53-16-9-7-12-45(53)48-30-38(37-71)18-25-54(48)72/h7-36H,1-6H3/i7D,9D,12D,16D. The number of rotatable bonds is 3. The van der Waals surface area contributed by atoms with Gasteiger partial charge in [0.2, 0.25) is 0 Å². The van der Waals surface area contributed by atoms with Gasteiger partial charge in [-0.15, -0.1) is 11.3 Å². The third-order valence-corrected chi connectivity index (χ3v) is 17.4. The molecule has 6 heterocycles. The minimum absolute atomic E-state index is 0.0452. The predicted molar refractivity (Wildman–Crippen MR) is 321 cm³/mol. The van der Waals surface area contributed by atoms with Crippen LogP contribution in [-0.4, -0.2) is 15.8 Å². The normalized spacial score (nSPS) is 14.0. The van der Waals surface area contributed by atoms with Crippen molar-refractivity contribution in [3.63, 3.8) is 0 Å². The number of furan rings is 1. The van der Waals surface area contributed by atoms with E-state index in [9.17, 15) is 6.63 Å². The molecule has 0 aliphatic carbocycles. The smallest absolute Gasteiger partial charge is 0.260 e. The average molecular weight is 1010 g/mol. The van der Waals surface area contributed by atoms with E-state index in [0.29, 0.717) is 50.3 Å². The van der Waals surface area contributed by atoms with E-state index in [-0.39, 0.29) is 41.7 Å². The highest BCUT2D eigenvalue weighted by molar-refractivity contribution is 7.26. The Morgan fingerprint density at radius 2 is 1.13 bits per heavy atom. The minimum atomic E-state index is -0.337. The van der Waals surface area contributed by atoms with E-state index < -0.39 is 0 Å². The Bertz CT molecular complexity index is 5170. The highest BCUT2D eigenvalue weighted by Gasteiger charge is 2.41. The lowest BCUT2D eigenvalue weighted by Gasteiger charge is -2.34. The van der Waals surface area contributed by atoms with Gasteiger partial charge in [0.15, 0.2) is 0 Å². The molecule has 0 radical (unpaired) electrons. The zero-order valence-electron chi connectivity index (χ0n) is 47.1. The maximum atomic E-state index is 9.99. The molecule has 0 saturated carbocycles. The third kappa shape index (κ3) is 6.35. The average Bonchev–Trinajstić information content (AvgIpc) is 4.09. The molecule has 16 rings (SSSR count). The summed E-state index contributed by atoms with van der Waals surface area (Å²) in [7, 11) is 0. The molecule has 0 spiro atoms. The van der Waals surface area contributed by atoms with Gasteiger partial charge in [0, 0.05) is 87.0 Å². The van der Waals surface area contributed by atoms with Crippen LogP contribution in [0, 0.1) is 11.3 Å². The topological polar surface area (TPSA) is 65.2 Å². The van der Waals surface area contributed by atoms with Gasteiger partial charge in [-0.2, -0.15) is 5.26 Å². The van der Waals surface area contributed by atoms with Gasteiger partial charge in [-0.1, -0.05) is 120 Å². The fourth-order valence-corrected chi connectivity index (χ4v) is 13.6. The Labute approximate surface area is 454 Å². The number of benzene rings is 10. The fraction of sp³-hybridized carbons (Fsp3) is 0.116. The number of aromatic nitrogens is 2. The molecule has 0 unspecified atom stereocenters. The lowest BCUT2D eigenvalue weighted by atomic mass is 9.35. The number of nitrogens with zero attached hydrogens (tertiary/aromatic N) is 3. The van der Waals surface area contributed by atoms with Gasteiger partial charge in [0.1, 0.15) is 34.2 Å². The third-order valence-electron chi connectivity index (χ3n) is 16.3. The summed E-state index contributed by atoms with van der Waals surface area (Å²) in [5.41, 5.74) is 13.8. The van der Waals surface area contributed by atoms with Crippen molar-refractivity contribution >= 4 is 120 Å². The summed E-state index contributed by atoms with van der Waals surface area (Å²) in [6.45, 7) is 13.3. The van der Waals surface area contributed by atoms with Crippen LogP contribution in [0.15, 0.2) is 186 Å². The second-order valence-electron chi connectivity index (χ2n) is 22.9. The Morgan fingerprint density at radius 3 is 1.79 bits per heavy atom. The van der Waals surface area contributed by atoms with Crippen LogP contribution in [0.4, 0.5) is 0 Å². The Hall–Kier alpha value is -9.03. The van der Waals surface area contributed by atoms with Crippen molar-refractivity contribution < 1.29 is 19.4 Å². The summed E-state index contributed by atoms with van der Waals surface area (Å²) >= 11 is 1.79. The van der Waals surface area contributed by atoms with Crippen LogP contribution in [0.5, 0.6) is 23.0 Å². The fourth-order valence-electron chi connectivity index (χ4n) is 12.5. The number of ether oxygens (including phenoxy) is 2. The molecule has 77 heavy (non-hydrogen) atoms. The maximum Gasteiger partial charge on any atom is 0.260 e. The molecule has 0 fully saturated rings. The Morgan fingerprint density at radius 1 is 0.519 bits per heavy atom. The van der Waals surface area contributed by atoms with Crippen molar-refractivity contribution in [1.29, 1.82) is 5.26 Å². The van der Waals surface area contributed by atoms with Crippen molar-refractivity contribution in [1.82, 2.24) is 9.13 Å². The van der Waals surface area contributed by atoms with Crippen LogP contribution in [0.2, 0.25) is 0 Å². The van der Waals surface area contributed by atoms with E-state index in [1.54, 1.807) is 23.5 Å². The first-order valence-corrected chi connectivity index (χ1v) is 27.0. The molecule has 6 nitrogen and oxygen atoms in total. The highest BCUT2D eigenvalue weighted by Crippen LogP contribution is 2.47. The SMILES string of the molecule is [2H]c1c([2H])c([2H])c2c(c1[2H])c1cc(C#N)ccc1n2-c1ccc2c(c1)Oc1cc(-c3cccc4c3oc3ccc5sc6ccccc6c5c34)cc3c1B2c1ccc(-n2c4ccc(C(C)(C)C)cc4c4cc(C(C)(C)C)ccc42)cc1O3. The molecule has 0 atom stereocenters. The summed E-state index contributed by atoms with van der Waals surface area (Å²) in [6.07, 6.45) is 0. The van der Waals surface area contributed by atoms with Crippen LogP contribution in [0.1, 0.15) is 63.7 Å². The first-order valence-electron chi connectivity index (χ1n) is 28.1. The predicted octanol–water partition coefficient (Wildman–Crippen LogP) is 17.0. The van der Waals surface area contributed by atoms with Crippen molar-refractivity contribution in [2.45, 2.75) is 52.4 Å². The van der Waals surface area contributed by atoms with E-state index in [4.69, 9.17) is 18.0 Å². The number of thiophene rings is 1. The van der Waals surface area contributed by atoms with Crippen molar-refractivity contribution in [3.8, 4) is 51.6 Å². The lowest BCUT2D eigenvalue weighted by molar-refractivity contribution is 0.464. The van der Waals surface area contributed by atoms with Crippen molar-refractivity contribution in [2.24, 2.45) is 0 Å². The van der Waals surface area contributed by atoms with Crippen molar-refractivity contribution in [3.05, 3.63) is 199 Å². The van der Waals surface area contributed by atoms with Crippen LogP contribution in [-0.2, 0) is 10.8 Å². The molecule has 14 aromatic rings. The molecular weight excluding hydrogens is 962 g/mol. The summed E-state index contributed by atoms with van der Waals surface area (Å²) in [5.74, 6) is 2.61. The number of para-hydroxylation sites is 2. The van der Waals surface area contributed by atoms with Gasteiger partial charge >= 0.3 is 0 Å². The van der Waals surface area contributed by atoms with E-state index in [1.165, 1.54) is 42.1 Å². The number of hydrogen-bond acceptors (Lipinski definition) is 5. The van der Waals surface area contributed by atoms with Gasteiger partial charge in [0.05, 0.1) is 39.2 Å². The van der Waals surface area contributed by atoms with Gasteiger partial charge in [-0.25, -0.2) is 0 Å². The van der Waals surface area contributed by atoms with Gasteiger partial charge in [-0.3, -0.25) is 0 Å². The summed E-state index contributed by atoms with van der Waals surface area (Å²) in [6, 6.07) is 56.2. The Kier molecular flexibility index (Phi) is 8.13. The monoisotopic (exact) mass is 1010 g/mol. The van der Waals surface area contributed by atoms with Crippen LogP contribution < -0.4 is 25.9 Å². The number of fused-ring (bicyclic) bond motifs is 17. The molecule has 0 saturated heterocycles. The summed E-state index contributed by atoms with van der Waals surface area (Å²) in [5, 5.41) is 17.8. The van der Waals surface area contributed by atoms with E-state index in [2.05, 4.69) is 180 Å². The van der Waals surface area contributed by atoms with Gasteiger partial charge in [0.25, 0.3) is 6.71 Å². The van der Waals surface area contributed by atoms with Crippen LogP contribution in [0.3, 0.4) is 0 Å². The largest absolute Gasteiger partial charge is 0.458 e. The molecule has 0 N–H and O–H groups in total. The van der Waals surface area contributed by atoms with E-state index >= 15 is 0 Å².